The minimum Gasteiger partial charge on any atom is -0.459 e. The molecule has 0 unspecified atom stereocenters. The number of amides is 2. The average Bonchev–Trinajstić information content (AvgIpc) is 3.14. The number of hydrogen-bond donors (Lipinski definition) is 1. The molecule has 0 spiro atoms. The van der Waals surface area contributed by atoms with Gasteiger partial charge >= 0.3 is 11.9 Å². The molecule has 0 saturated heterocycles. The zero-order valence-electron chi connectivity index (χ0n) is 23.2. The molecule has 2 amide bonds. The maximum atomic E-state index is 13.0. The first kappa shape index (κ1) is 31.5. The monoisotopic (exact) mass is 542 g/mol. The average molecular weight is 543 g/mol. The number of esters is 2. The maximum Gasteiger partial charge on any atom is 0.338 e. The molecule has 2 rings (SSSR count). The Bertz CT molecular complexity index is 1090. The van der Waals surface area contributed by atoms with Gasteiger partial charge in [-0.3, -0.25) is 14.4 Å². The van der Waals surface area contributed by atoms with E-state index in [1.54, 1.807) is 45.1 Å². The molecule has 1 aromatic carbocycles. The van der Waals surface area contributed by atoms with E-state index < -0.39 is 35.7 Å². The quantitative estimate of drug-likeness (QED) is 0.298. The van der Waals surface area contributed by atoms with Gasteiger partial charge in [0.1, 0.15) is 18.8 Å². The number of hydrogen-bond acceptors (Lipinski definition) is 8. The fraction of sp³-hybridized carbons (Fsp3) is 0.448. The summed E-state index contributed by atoms with van der Waals surface area (Å²) < 4.78 is 16.0. The van der Waals surface area contributed by atoms with Crippen molar-refractivity contribution in [3.05, 3.63) is 71.5 Å². The standard InChI is InChI=1S/C29H38N2O8/c1-21(26(34)28(36)39-29(2,3)4)37-16-15-31(20-32)24-14-10-9-13-23(17-24)27(35)30(5)18-25(33)38-19-22-11-7-6-8-12-22/h6-9,11-14,17,20-21,26,34H,10,15-16,18-19H2,1-5H3/t21-,26+/m0/s1. The third kappa shape index (κ3) is 10.9. The van der Waals surface area contributed by atoms with Crippen LogP contribution in [-0.4, -0.2) is 83.7 Å². The van der Waals surface area contributed by atoms with Crippen LogP contribution in [0, 0.1) is 0 Å². The van der Waals surface area contributed by atoms with Crippen molar-refractivity contribution in [1.29, 1.82) is 0 Å². The summed E-state index contributed by atoms with van der Waals surface area (Å²) in [7, 11) is 1.50. The van der Waals surface area contributed by atoms with Crippen LogP contribution in [-0.2, 0) is 40.0 Å². The summed E-state index contributed by atoms with van der Waals surface area (Å²) >= 11 is 0. The molecule has 0 saturated carbocycles. The third-order valence-electron chi connectivity index (χ3n) is 5.53. The van der Waals surface area contributed by atoms with Crippen LogP contribution in [0.5, 0.6) is 0 Å². The van der Waals surface area contributed by atoms with Gasteiger partial charge in [0, 0.05) is 24.9 Å². The van der Waals surface area contributed by atoms with Gasteiger partial charge in [-0.2, -0.15) is 0 Å². The summed E-state index contributed by atoms with van der Waals surface area (Å²) in [6.07, 6.45) is 5.50. The molecule has 0 aliphatic heterocycles. The van der Waals surface area contributed by atoms with E-state index in [9.17, 15) is 24.3 Å². The Labute approximate surface area is 229 Å². The Morgan fingerprint density at radius 3 is 2.49 bits per heavy atom. The van der Waals surface area contributed by atoms with E-state index in [2.05, 4.69) is 0 Å². The Morgan fingerprint density at radius 1 is 1.15 bits per heavy atom. The zero-order chi connectivity index (χ0) is 29.0. The number of ether oxygens (including phenoxy) is 3. The highest BCUT2D eigenvalue weighted by Crippen LogP contribution is 2.17. The van der Waals surface area contributed by atoms with Gasteiger partial charge in [0.2, 0.25) is 6.41 Å². The van der Waals surface area contributed by atoms with Crippen LogP contribution >= 0.6 is 0 Å². The summed E-state index contributed by atoms with van der Waals surface area (Å²) in [6, 6.07) is 9.23. The van der Waals surface area contributed by atoms with E-state index in [4.69, 9.17) is 14.2 Å². The number of carbonyl (C=O) groups excluding carboxylic acids is 4. The lowest BCUT2D eigenvalue weighted by Gasteiger charge is -2.25. The largest absolute Gasteiger partial charge is 0.459 e. The summed E-state index contributed by atoms with van der Waals surface area (Å²) in [5.41, 5.74) is 0.862. The Morgan fingerprint density at radius 2 is 1.85 bits per heavy atom. The van der Waals surface area contributed by atoms with Crippen LogP contribution in [0.2, 0.25) is 0 Å². The van der Waals surface area contributed by atoms with Gasteiger partial charge in [0.15, 0.2) is 6.10 Å². The number of rotatable bonds is 13. The second-order valence-corrected chi connectivity index (χ2v) is 10.0. The first-order chi connectivity index (χ1) is 18.4. The van der Waals surface area contributed by atoms with Crippen molar-refractivity contribution in [1.82, 2.24) is 9.80 Å². The number of carbonyl (C=O) groups is 4. The highest BCUT2D eigenvalue weighted by Gasteiger charge is 2.28. The molecule has 212 valence electrons. The van der Waals surface area contributed by atoms with E-state index >= 15 is 0 Å². The molecule has 2 atom stereocenters. The van der Waals surface area contributed by atoms with Crippen molar-refractivity contribution in [2.75, 3.05) is 26.7 Å². The van der Waals surface area contributed by atoms with E-state index in [-0.39, 0.29) is 26.3 Å². The summed E-state index contributed by atoms with van der Waals surface area (Å²) in [6.45, 7) is 6.63. The molecule has 10 heteroatoms. The molecule has 1 aromatic rings. The first-order valence-corrected chi connectivity index (χ1v) is 12.7. The van der Waals surface area contributed by atoms with E-state index in [0.29, 0.717) is 24.1 Å². The molecule has 39 heavy (non-hydrogen) atoms. The molecule has 0 fully saturated rings. The minimum absolute atomic E-state index is 0.0226. The number of allylic oxidation sites excluding steroid dienone is 3. The van der Waals surface area contributed by atoms with Crippen LogP contribution in [0.25, 0.3) is 0 Å². The van der Waals surface area contributed by atoms with Crippen LogP contribution in [0.15, 0.2) is 65.9 Å². The van der Waals surface area contributed by atoms with Gasteiger partial charge in [-0.15, -0.1) is 0 Å². The second-order valence-electron chi connectivity index (χ2n) is 10.0. The summed E-state index contributed by atoms with van der Waals surface area (Å²) in [5, 5.41) is 10.2. The van der Waals surface area contributed by atoms with Crippen LogP contribution < -0.4 is 0 Å². The number of aliphatic hydroxyl groups excluding tert-OH is 1. The second kappa shape index (κ2) is 15.0. The molecule has 1 aliphatic rings. The van der Waals surface area contributed by atoms with Crippen molar-refractivity contribution in [3.63, 3.8) is 0 Å². The van der Waals surface area contributed by atoms with Crippen molar-refractivity contribution in [3.8, 4) is 0 Å². The number of likely N-dealkylation sites (N-methyl/N-ethyl adjacent to an activating group) is 1. The van der Waals surface area contributed by atoms with Crippen molar-refractivity contribution in [2.45, 2.75) is 58.5 Å². The SMILES string of the molecule is C[C@H](OCCN(C=O)C1=CCC=CC(C(=O)N(C)CC(=O)OCc2ccccc2)=C1)[C@@H](O)C(=O)OC(C)(C)C. The topological polar surface area (TPSA) is 123 Å². The maximum absolute atomic E-state index is 13.0. The van der Waals surface area contributed by atoms with Crippen LogP contribution in [0.3, 0.4) is 0 Å². The molecule has 0 aromatic heterocycles. The molecule has 10 nitrogen and oxygen atoms in total. The normalized spacial score (nSPS) is 14.7. The Kier molecular flexibility index (Phi) is 12.1. The van der Waals surface area contributed by atoms with Crippen molar-refractivity contribution < 1.29 is 38.5 Å². The number of nitrogens with zero attached hydrogens (tertiary/aromatic N) is 2. The van der Waals surface area contributed by atoms with E-state index in [1.165, 1.54) is 23.8 Å². The molecular formula is C29H38N2O8. The molecular weight excluding hydrogens is 504 g/mol. The molecule has 1 N–H and O–H groups in total. The van der Waals surface area contributed by atoms with Gasteiger partial charge in [-0.05, 0) is 45.8 Å². The minimum atomic E-state index is -1.48. The van der Waals surface area contributed by atoms with Gasteiger partial charge in [-0.25, -0.2) is 4.79 Å². The third-order valence-corrected chi connectivity index (χ3v) is 5.53. The highest BCUT2D eigenvalue weighted by atomic mass is 16.6. The predicted octanol–water partition coefficient (Wildman–Crippen LogP) is 2.52. The van der Waals surface area contributed by atoms with Crippen molar-refractivity contribution >= 4 is 24.3 Å². The molecule has 0 radical (unpaired) electrons. The molecule has 0 bridgehead atoms. The van der Waals surface area contributed by atoms with Gasteiger partial charge in [0.05, 0.1) is 12.7 Å². The van der Waals surface area contributed by atoms with E-state index in [1.807, 2.05) is 30.3 Å². The van der Waals surface area contributed by atoms with E-state index in [0.717, 1.165) is 5.56 Å². The lowest BCUT2D eigenvalue weighted by molar-refractivity contribution is -0.172. The van der Waals surface area contributed by atoms with Gasteiger partial charge in [0.25, 0.3) is 5.91 Å². The Hall–Kier alpha value is -3.76. The fourth-order valence-corrected chi connectivity index (χ4v) is 3.48. The summed E-state index contributed by atoms with van der Waals surface area (Å²) in [5.74, 6) is -1.75. The summed E-state index contributed by atoms with van der Waals surface area (Å²) in [4.78, 5) is 51.8. The highest BCUT2D eigenvalue weighted by molar-refractivity contribution is 5.98. The first-order valence-electron chi connectivity index (χ1n) is 12.7. The lowest BCUT2D eigenvalue weighted by Crippen LogP contribution is -2.40. The van der Waals surface area contributed by atoms with Crippen LogP contribution in [0.4, 0.5) is 0 Å². The Balaban J connectivity index is 1.93. The van der Waals surface area contributed by atoms with Gasteiger partial charge in [-0.1, -0.05) is 48.6 Å². The number of aliphatic hydroxyl groups is 1. The van der Waals surface area contributed by atoms with Crippen LogP contribution in [0.1, 0.15) is 39.7 Å². The number of benzene rings is 1. The van der Waals surface area contributed by atoms with Crippen molar-refractivity contribution in [2.24, 2.45) is 0 Å². The fourth-order valence-electron chi connectivity index (χ4n) is 3.48. The molecule has 0 heterocycles. The van der Waals surface area contributed by atoms with Gasteiger partial charge < -0.3 is 29.1 Å². The smallest absolute Gasteiger partial charge is 0.338 e. The predicted molar refractivity (Wildman–Crippen MR) is 144 cm³/mol. The zero-order valence-corrected chi connectivity index (χ0v) is 23.2. The molecule has 1 aliphatic carbocycles. The lowest BCUT2D eigenvalue weighted by atomic mass is 10.1.